The molecule has 0 spiro atoms. The number of aliphatic carboxylic acids is 2. The van der Waals surface area contributed by atoms with Crippen LogP contribution in [0, 0.1) is 0 Å². The smallest absolute Gasteiger partial charge is 0.550 e. The second-order valence-electron chi connectivity index (χ2n) is 5.76. The van der Waals surface area contributed by atoms with Crippen LogP contribution in [-0.4, -0.2) is 59.4 Å². The number of rotatable bonds is 8. The minimum absolute atomic E-state index is 0. The molecule has 0 fully saturated rings. The van der Waals surface area contributed by atoms with Crippen LogP contribution in [0.15, 0.2) is 36.4 Å². The van der Waals surface area contributed by atoms with E-state index in [4.69, 9.17) is 9.47 Å². The molecular weight excluding hydrogens is 393 g/mol. The number of aryl methyl sites for hydroxylation is 2. The Balaban J connectivity index is 0.000000523. The van der Waals surface area contributed by atoms with Gasteiger partial charge in [-0.1, -0.05) is 12.1 Å². The van der Waals surface area contributed by atoms with Gasteiger partial charge in [-0.05, 0) is 61.1 Å². The maximum atomic E-state index is 10.2. The molecule has 0 aromatic heterocycles. The van der Waals surface area contributed by atoms with Crippen molar-refractivity contribution >= 4 is 35.0 Å². The van der Waals surface area contributed by atoms with Crippen LogP contribution in [-0.2, 0) is 22.4 Å². The molecule has 0 radical (unpaired) electrons. The van der Waals surface area contributed by atoms with Crippen LogP contribution in [0.3, 0.4) is 0 Å². The summed E-state index contributed by atoms with van der Waals surface area (Å²) in [5.41, 5.74) is 1.59. The van der Waals surface area contributed by atoms with Crippen molar-refractivity contribution in [3.8, 4) is 23.0 Å². The van der Waals surface area contributed by atoms with Crippen molar-refractivity contribution in [3.63, 3.8) is 0 Å². The summed E-state index contributed by atoms with van der Waals surface area (Å²) in [6.45, 7) is 0. The Bertz CT molecular complexity index is 740. The summed E-state index contributed by atoms with van der Waals surface area (Å²) in [6.07, 6.45) is 0.680. The Kier molecular flexibility index (Phi) is 12.3. The molecule has 0 aliphatic heterocycles. The third-order valence-electron chi connectivity index (χ3n) is 3.72. The van der Waals surface area contributed by atoms with Gasteiger partial charge < -0.3 is 39.5 Å². The maximum absolute atomic E-state index is 10.2. The maximum Gasteiger partial charge on any atom is 2.00 e. The Hall–Kier alpha value is -2.65. The number of aromatic hydroxyl groups is 2. The monoisotopic (exact) mass is 414 g/mol. The topological polar surface area (TPSA) is 139 Å². The quantitative estimate of drug-likeness (QED) is 0.565. The van der Waals surface area contributed by atoms with Gasteiger partial charge in [0.15, 0.2) is 23.0 Å². The van der Waals surface area contributed by atoms with Crippen molar-refractivity contribution < 1.29 is 39.5 Å². The van der Waals surface area contributed by atoms with Gasteiger partial charge in [-0.2, -0.15) is 0 Å². The molecule has 0 bridgehead atoms. The zero-order valence-corrected chi connectivity index (χ0v) is 17.8. The number of phenolic OH excluding ortho intramolecular Hbond substituents is 2. The van der Waals surface area contributed by atoms with Gasteiger partial charge in [-0.25, -0.2) is 0 Å². The first kappa shape index (κ1) is 26.3. The summed E-state index contributed by atoms with van der Waals surface area (Å²) in [6, 6.07) is 9.48. The van der Waals surface area contributed by atoms with Crippen molar-refractivity contribution in [3.05, 3.63) is 47.5 Å². The Morgan fingerprint density at radius 2 is 1.14 bits per heavy atom. The summed E-state index contributed by atoms with van der Waals surface area (Å²) in [4.78, 5) is 20.4. The number of carboxylic acid groups (broad SMARTS) is 2. The average molecular weight is 415 g/mol. The third kappa shape index (κ3) is 9.90. The van der Waals surface area contributed by atoms with E-state index in [-0.39, 0.29) is 47.4 Å². The van der Waals surface area contributed by atoms with Crippen molar-refractivity contribution in [1.82, 2.24) is 0 Å². The van der Waals surface area contributed by atoms with Crippen LogP contribution in [0.5, 0.6) is 23.0 Å². The minimum atomic E-state index is -1.09. The summed E-state index contributed by atoms with van der Waals surface area (Å²) in [7, 11) is 2.88. The Morgan fingerprint density at radius 1 is 0.793 bits per heavy atom. The fraction of sp³-hybridized carbons (Fsp3) is 0.300. The number of methoxy groups -OCH3 is 2. The Morgan fingerprint density at radius 3 is 1.41 bits per heavy atom. The largest absolute Gasteiger partial charge is 2.00 e. The van der Waals surface area contributed by atoms with E-state index in [9.17, 15) is 30.0 Å². The van der Waals surface area contributed by atoms with E-state index >= 15 is 0 Å². The van der Waals surface area contributed by atoms with Gasteiger partial charge in [-0.3, -0.25) is 0 Å². The van der Waals surface area contributed by atoms with Crippen LogP contribution in [0.1, 0.15) is 24.0 Å². The fourth-order valence-corrected chi connectivity index (χ4v) is 2.25. The van der Waals surface area contributed by atoms with E-state index < -0.39 is 11.9 Å². The predicted molar refractivity (Wildman–Crippen MR) is 102 cm³/mol. The van der Waals surface area contributed by atoms with Gasteiger partial charge in [0.25, 0.3) is 0 Å². The molecule has 8 nitrogen and oxygen atoms in total. The fourth-order valence-electron chi connectivity index (χ4n) is 2.25. The van der Waals surface area contributed by atoms with Crippen molar-refractivity contribution in [2.24, 2.45) is 0 Å². The molecule has 2 aromatic carbocycles. The van der Waals surface area contributed by atoms with Crippen LogP contribution in [0.25, 0.3) is 0 Å². The molecule has 2 rings (SSSR count). The Labute approximate surface area is 184 Å². The minimum Gasteiger partial charge on any atom is -0.550 e. The molecule has 0 aliphatic rings. The zero-order chi connectivity index (χ0) is 21.1. The summed E-state index contributed by atoms with van der Waals surface area (Å²) >= 11 is 0. The van der Waals surface area contributed by atoms with Crippen LogP contribution < -0.4 is 19.7 Å². The standard InChI is InChI=1S/2C10H12O4.Mg/c2*1-14-9-6-7(2-4-8(9)11)3-5-10(12)13;/h2*2,4,6,11H,3,5H2,1H3,(H,12,13);/q;;+2/p-2. The van der Waals surface area contributed by atoms with Gasteiger partial charge in [0, 0.05) is 11.9 Å². The molecule has 152 valence electrons. The summed E-state index contributed by atoms with van der Waals surface area (Å²) < 4.78 is 9.76. The number of hydrogen-bond donors (Lipinski definition) is 2. The normalized spacial score (nSPS) is 9.45. The molecule has 0 saturated heterocycles. The molecule has 0 atom stereocenters. The molecule has 0 saturated carbocycles. The van der Waals surface area contributed by atoms with E-state index in [1.165, 1.54) is 26.4 Å². The molecule has 0 aliphatic carbocycles. The third-order valence-corrected chi connectivity index (χ3v) is 3.72. The van der Waals surface area contributed by atoms with E-state index in [0.717, 1.165) is 11.1 Å². The van der Waals surface area contributed by atoms with E-state index in [2.05, 4.69) is 0 Å². The summed E-state index contributed by atoms with van der Waals surface area (Å²) in [5, 5.41) is 38.9. The van der Waals surface area contributed by atoms with Crippen molar-refractivity contribution in [2.45, 2.75) is 25.7 Å². The van der Waals surface area contributed by atoms with Crippen molar-refractivity contribution in [2.75, 3.05) is 14.2 Å². The molecule has 2 aromatic rings. The second kappa shape index (κ2) is 13.5. The average Bonchev–Trinajstić information content (AvgIpc) is 2.67. The zero-order valence-electron chi connectivity index (χ0n) is 16.3. The van der Waals surface area contributed by atoms with E-state index in [1.807, 2.05) is 0 Å². The number of carboxylic acids is 2. The van der Waals surface area contributed by atoms with Gasteiger partial charge in [0.1, 0.15) is 0 Å². The number of phenols is 2. The number of benzene rings is 2. The van der Waals surface area contributed by atoms with Crippen LogP contribution >= 0.6 is 0 Å². The summed E-state index contributed by atoms with van der Waals surface area (Å²) in [5.74, 6) is -1.38. The van der Waals surface area contributed by atoms with Crippen LogP contribution in [0.2, 0.25) is 0 Å². The number of hydrogen-bond acceptors (Lipinski definition) is 8. The first-order chi connectivity index (χ1) is 13.3. The number of ether oxygens (including phenoxy) is 2. The molecule has 9 heteroatoms. The SMILES string of the molecule is COc1cc(CCC(=O)[O-])ccc1O.COc1cc(CCC(=O)[O-])ccc1O.[Mg+2]. The first-order valence-electron chi connectivity index (χ1n) is 8.38. The van der Waals surface area contributed by atoms with Gasteiger partial charge in [0.2, 0.25) is 0 Å². The second-order valence-corrected chi connectivity index (χ2v) is 5.76. The van der Waals surface area contributed by atoms with E-state index in [0.29, 0.717) is 24.3 Å². The van der Waals surface area contributed by atoms with Gasteiger partial charge >= 0.3 is 23.1 Å². The first-order valence-corrected chi connectivity index (χ1v) is 8.38. The predicted octanol–water partition coefficient (Wildman–Crippen LogP) is -0.214. The van der Waals surface area contributed by atoms with Gasteiger partial charge in [-0.15, -0.1) is 0 Å². The molecular formula is C20H22MgO8. The molecule has 0 unspecified atom stereocenters. The van der Waals surface area contributed by atoms with Gasteiger partial charge in [0.05, 0.1) is 14.2 Å². The molecule has 2 N–H and O–H groups in total. The van der Waals surface area contributed by atoms with Crippen molar-refractivity contribution in [1.29, 1.82) is 0 Å². The molecule has 29 heavy (non-hydrogen) atoms. The molecule has 0 amide bonds. The number of carbonyl (C=O) groups excluding carboxylic acids is 2. The van der Waals surface area contributed by atoms with E-state index in [1.54, 1.807) is 24.3 Å². The van der Waals surface area contributed by atoms with Crippen LogP contribution in [0.4, 0.5) is 0 Å². The number of carbonyl (C=O) groups is 2. The molecule has 0 heterocycles.